The van der Waals surface area contributed by atoms with Crippen molar-refractivity contribution >= 4 is 51.1 Å². The van der Waals surface area contributed by atoms with Crippen molar-refractivity contribution < 1.29 is 24.3 Å². The fraction of sp³-hybridized carbons (Fsp3) is 0.226. The number of imide groups is 1. The fourth-order valence-corrected chi connectivity index (χ4v) is 6.87. The monoisotopic (exact) mass is 569 g/mol. The number of allylic oxidation sites excluding steroid dienone is 6. The maximum atomic E-state index is 13.9. The first-order chi connectivity index (χ1) is 18.2. The molecule has 3 aliphatic carbocycles. The first-order valence-electron chi connectivity index (χ1n) is 12.5. The van der Waals surface area contributed by atoms with Gasteiger partial charge in [-0.1, -0.05) is 52.4 Å². The third kappa shape index (κ3) is 3.52. The van der Waals surface area contributed by atoms with Gasteiger partial charge in [-0.3, -0.25) is 24.1 Å². The second-order valence-electron chi connectivity index (χ2n) is 10.2. The minimum Gasteiger partial charge on any atom is -0.508 e. The smallest absolute Gasteiger partial charge is 0.238 e. The molecule has 1 aliphatic heterocycles. The van der Waals surface area contributed by atoms with E-state index in [1.165, 1.54) is 11.0 Å². The molecule has 7 heteroatoms. The molecular weight excluding hydrogens is 546 g/mol. The van der Waals surface area contributed by atoms with Crippen LogP contribution >= 0.6 is 15.9 Å². The Kier molecular flexibility index (Phi) is 5.72. The first kappa shape index (κ1) is 24.5. The van der Waals surface area contributed by atoms with E-state index in [1.807, 2.05) is 6.08 Å². The van der Waals surface area contributed by atoms with Gasteiger partial charge in [0.2, 0.25) is 11.8 Å². The van der Waals surface area contributed by atoms with Crippen molar-refractivity contribution in [1.82, 2.24) is 0 Å². The van der Waals surface area contributed by atoms with Crippen LogP contribution in [0.3, 0.4) is 0 Å². The molecule has 1 saturated heterocycles. The minimum absolute atomic E-state index is 0.000983. The molecule has 0 radical (unpaired) electrons. The van der Waals surface area contributed by atoms with Crippen LogP contribution in [0.2, 0.25) is 0 Å². The van der Waals surface area contributed by atoms with Gasteiger partial charge in [0.05, 0.1) is 17.5 Å². The van der Waals surface area contributed by atoms with E-state index in [-0.39, 0.29) is 35.6 Å². The minimum atomic E-state index is -0.689. The molecule has 1 N–H and O–H groups in total. The molecule has 1 fully saturated rings. The molecule has 0 aromatic heterocycles. The van der Waals surface area contributed by atoms with Crippen LogP contribution < -0.4 is 4.90 Å². The van der Waals surface area contributed by atoms with Gasteiger partial charge in [0.1, 0.15) is 5.75 Å². The number of halogens is 1. The SMILES string of the molecule is C=Cc1ccc(N2C(=O)[C@H]3[C@H](CC=C4[C@H](c5cc(Br)ccc5O)C5=C(C[C@H]43)C(=O)C=C(C)C5=O)C2=O)cc1. The first-order valence-corrected chi connectivity index (χ1v) is 13.3. The number of Topliss-reactive ketones (excluding diaryl/α,β-unsaturated/α-hetero) is 1. The molecule has 2 amide bonds. The summed E-state index contributed by atoms with van der Waals surface area (Å²) in [5.41, 5.74) is 3.74. The van der Waals surface area contributed by atoms with E-state index >= 15 is 0 Å². The van der Waals surface area contributed by atoms with Gasteiger partial charge >= 0.3 is 0 Å². The van der Waals surface area contributed by atoms with Gasteiger partial charge in [-0.15, -0.1) is 0 Å². The van der Waals surface area contributed by atoms with Crippen LogP contribution in [-0.4, -0.2) is 28.5 Å². The van der Waals surface area contributed by atoms with Gasteiger partial charge in [-0.05, 0) is 67.7 Å². The Balaban J connectivity index is 1.49. The zero-order chi connectivity index (χ0) is 26.9. The molecule has 6 rings (SSSR count). The Morgan fingerprint density at radius 1 is 1.03 bits per heavy atom. The van der Waals surface area contributed by atoms with Gasteiger partial charge in [0.25, 0.3) is 0 Å². The van der Waals surface area contributed by atoms with E-state index in [9.17, 15) is 24.3 Å². The highest BCUT2D eigenvalue weighted by Gasteiger charge is 2.56. The van der Waals surface area contributed by atoms with Crippen molar-refractivity contribution in [2.24, 2.45) is 17.8 Å². The van der Waals surface area contributed by atoms with Gasteiger partial charge in [0, 0.05) is 32.7 Å². The summed E-state index contributed by atoms with van der Waals surface area (Å²) in [5.74, 6) is -3.41. The van der Waals surface area contributed by atoms with E-state index in [4.69, 9.17) is 0 Å². The van der Waals surface area contributed by atoms with E-state index in [2.05, 4.69) is 22.5 Å². The topological polar surface area (TPSA) is 91.8 Å². The van der Waals surface area contributed by atoms with Crippen molar-refractivity contribution in [2.75, 3.05) is 4.90 Å². The molecule has 4 aliphatic rings. The van der Waals surface area contributed by atoms with Crippen molar-refractivity contribution in [2.45, 2.75) is 25.7 Å². The van der Waals surface area contributed by atoms with Crippen molar-refractivity contribution in [3.05, 3.63) is 99.1 Å². The Hall–Kier alpha value is -3.84. The largest absolute Gasteiger partial charge is 0.508 e. The summed E-state index contributed by atoms with van der Waals surface area (Å²) < 4.78 is 0.715. The standard InChI is InChI=1S/C31H24BrNO5/c1-3-16-4-7-18(8-5-16)33-30(37)20-10-9-19-21(27(20)31(33)38)14-23-25(35)12-15(2)29(36)28(23)26(19)22-13-17(32)6-11-24(22)34/h3-9,11-13,20-21,26-27,34H,1,10,14H2,2H3/t20-,21+,26+,27-/m0/s1. The number of carbonyl (C=O) groups is 4. The number of phenols is 1. The third-order valence-corrected chi connectivity index (χ3v) is 8.75. The lowest BCUT2D eigenvalue weighted by atomic mass is 9.59. The zero-order valence-corrected chi connectivity index (χ0v) is 22.2. The summed E-state index contributed by atoms with van der Waals surface area (Å²) in [6.07, 6.45) is 5.53. The molecule has 2 aromatic rings. The summed E-state index contributed by atoms with van der Waals surface area (Å²) in [6.45, 7) is 5.37. The molecule has 190 valence electrons. The third-order valence-electron chi connectivity index (χ3n) is 8.25. The van der Waals surface area contributed by atoms with Crippen LogP contribution in [-0.2, 0) is 19.2 Å². The average molecular weight is 570 g/mol. The summed E-state index contributed by atoms with van der Waals surface area (Å²) in [6, 6.07) is 12.1. The van der Waals surface area contributed by atoms with Gasteiger partial charge < -0.3 is 5.11 Å². The second kappa shape index (κ2) is 8.88. The number of hydrogen-bond acceptors (Lipinski definition) is 5. The number of rotatable bonds is 3. The Morgan fingerprint density at radius 2 is 1.76 bits per heavy atom. The van der Waals surface area contributed by atoms with Crippen LogP contribution in [0.5, 0.6) is 5.75 Å². The number of carbonyl (C=O) groups excluding carboxylic acids is 4. The number of anilines is 1. The van der Waals surface area contributed by atoms with Crippen molar-refractivity contribution in [3.63, 3.8) is 0 Å². The van der Waals surface area contributed by atoms with Crippen LogP contribution in [0.4, 0.5) is 5.69 Å². The predicted molar refractivity (Wildman–Crippen MR) is 146 cm³/mol. The molecule has 4 atom stereocenters. The fourth-order valence-electron chi connectivity index (χ4n) is 6.49. The average Bonchev–Trinajstić information content (AvgIpc) is 3.17. The van der Waals surface area contributed by atoms with Gasteiger partial charge in [-0.2, -0.15) is 0 Å². The molecule has 38 heavy (non-hydrogen) atoms. The van der Waals surface area contributed by atoms with E-state index < -0.39 is 23.7 Å². The quantitative estimate of drug-likeness (QED) is 0.302. The number of hydrogen-bond donors (Lipinski definition) is 1. The van der Waals surface area contributed by atoms with Gasteiger partial charge in [-0.25, -0.2) is 0 Å². The van der Waals surface area contributed by atoms with Crippen LogP contribution in [0, 0.1) is 17.8 Å². The molecular formula is C31H24BrNO5. The maximum absolute atomic E-state index is 13.9. The maximum Gasteiger partial charge on any atom is 0.238 e. The highest BCUT2D eigenvalue weighted by Crippen LogP contribution is 2.56. The summed E-state index contributed by atoms with van der Waals surface area (Å²) in [5, 5.41) is 10.9. The molecule has 2 aromatic carbocycles. The lowest BCUT2D eigenvalue weighted by molar-refractivity contribution is -0.123. The molecule has 6 nitrogen and oxygen atoms in total. The van der Waals surface area contributed by atoms with Gasteiger partial charge in [0.15, 0.2) is 11.6 Å². The molecule has 0 unspecified atom stereocenters. The van der Waals surface area contributed by atoms with E-state index in [1.54, 1.807) is 55.5 Å². The molecule has 1 heterocycles. The van der Waals surface area contributed by atoms with E-state index in [0.717, 1.165) is 11.1 Å². The second-order valence-corrected chi connectivity index (χ2v) is 11.2. The van der Waals surface area contributed by atoms with Crippen molar-refractivity contribution in [3.8, 4) is 5.75 Å². The molecule has 0 spiro atoms. The lowest BCUT2D eigenvalue weighted by Gasteiger charge is -2.42. The van der Waals surface area contributed by atoms with Crippen LogP contribution in [0.25, 0.3) is 6.08 Å². The summed E-state index contributed by atoms with van der Waals surface area (Å²) in [7, 11) is 0. The Morgan fingerprint density at radius 3 is 2.47 bits per heavy atom. The number of nitrogens with zero attached hydrogens (tertiary/aromatic N) is 1. The van der Waals surface area contributed by atoms with Crippen LogP contribution in [0.1, 0.15) is 36.8 Å². The molecule has 0 saturated carbocycles. The number of amides is 2. The highest BCUT2D eigenvalue weighted by atomic mass is 79.9. The lowest BCUT2D eigenvalue weighted by Crippen LogP contribution is -2.39. The number of benzene rings is 2. The number of phenolic OH excluding ortho intramolecular Hbond substituents is 1. The Labute approximate surface area is 228 Å². The normalized spacial score (nSPS) is 26.5. The summed E-state index contributed by atoms with van der Waals surface area (Å²) >= 11 is 3.46. The highest BCUT2D eigenvalue weighted by molar-refractivity contribution is 9.10. The number of ketones is 2. The Bertz CT molecular complexity index is 1560. The van der Waals surface area contributed by atoms with E-state index in [0.29, 0.717) is 38.9 Å². The number of aromatic hydroxyl groups is 1. The summed E-state index contributed by atoms with van der Waals surface area (Å²) in [4.78, 5) is 55.4. The molecule has 0 bridgehead atoms. The predicted octanol–water partition coefficient (Wildman–Crippen LogP) is 5.43. The van der Waals surface area contributed by atoms with Crippen molar-refractivity contribution in [1.29, 1.82) is 0 Å². The number of fused-ring (bicyclic) bond motifs is 3. The zero-order valence-electron chi connectivity index (χ0n) is 20.6. The van der Waals surface area contributed by atoms with Crippen LogP contribution in [0.15, 0.2) is 88.0 Å².